The summed E-state index contributed by atoms with van der Waals surface area (Å²) in [5.41, 5.74) is 3.90. The van der Waals surface area contributed by atoms with Crippen molar-refractivity contribution in [2.24, 2.45) is 0 Å². The number of hydrogen-bond donors (Lipinski definition) is 3. The van der Waals surface area contributed by atoms with Crippen LogP contribution in [0.3, 0.4) is 0 Å². The molecule has 1 aromatic heterocycles. The lowest BCUT2D eigenvalue weighted by molar-refractivity contribution is -0.296. The standard InChI is InChI=1S/C29H29N3O6/c1-36-37-19-23-25(33)26(34)29(38-23,32-18-17-24(30)31-27(32)35)28(20-11-5-2-6-12-20,21-13-7-3-8-14-21)22-15-9-4-10-16-22/h2-18,23,25-26,33-34H,19H2,1H3,(H2,30,31,35)/t23-,25-,26-,29+/m1/s1. The predicted octanol–water partition coefficient (Wildman–Crippen LogP) is 2.21. The molecule has 38 heavy (non-hydrogen) atoms. The minimum absolute atomic E-state index is 0.0124. The molecule has 3 aromatic carbocycles. The van der Waals surface area contributed by atoms with Gasteiger partial charge in [0.2, 0.25) is 0 Å². The summed E-state index contributed by atoms with van der Waals surface area (Å²) in [4.78, 5) is 27.4. The molecule has 0 bridgehead atoms. The van der Waals surface area contributed by atoms with E-state index < -0.39 is 35.1 Å². The van der Waals surface area contributed by atoms with Crippen molar-refractivity contribution in [3.8, 4) is 0 Å². The van der Waals surface area contributed by atoms with Gasteiger partial charge in [-0.25, -0.2) is 14.6 Å². The van der Waals surface area contributed by atoms with Gasteiger partial charge in [-0.1, -0.05) is 91.0 Å². The Kier molecular flexibility index (Phi) is 7.11. The molecule has 0 amide bonds. The van der Waals surface area contributed by atoms with Gasteiger partial charge in [0.1, 0.15) is 30.7 Å². The fourth-order valence-electron chi connectivity index (χ4n) is 5.62. The summed E-state index contributed by atoms with van der Waals surface area (Å²) in [7, 11) is 1.33. The smallest absolute Gasteiger partial charge is 0.351 e. The lowest BCUT2D eigenvalue weighted by Crippen LogP contribution is -2.64. The van der Waals surface area contributed by atoms with E-state index in [9.17, 15) is 15.0 Å². The summed E-state index contributed by atoms with van der Waals surface area (Å²) in [5, 5.41) is 23.4. The first kappa shape index (κ1) is 25.8. The van der Waals surface area contributed by atoms with Crippen molar-refractivity contribution < 1.29 is 24.7 Å². The van der Waals surface area contributed by atoms with Gasteiger partial charge in [0.05, 0.1) is 12.5 Å². The van der Waals surface area contributed by atoms with Crippen molar-refractivity contribution in [1.29, 1.82) is 0 Å². The maximum Gasteiger partial charge on any atom is 0.351 e. The maximum atomic E-state index is 13.6. The Bertz CT molecular complexity index is 1320. The van der Waals surface area contributed by atoms with E-state index >= 15 is 0 Å². The number of aromatic nitrogens is 2. The van der Waals surface area contributed by atoms with Crippen molar-refractivity contribution in [2.75, 3.05) is 19.5 Å². The molecule has 196 valence electrons. The van der Waals surface area contributed by atoms with Crippen LogP contribution in [0.2, 0.25) is 0 Å². The number of hydrogen-bond acceptors (Lipinski definition) is 8. The molecule has 9 heteroatoms. The molecule has 2 heterocycles. The Morgan fingerprint density at radius 1 is 0.921 bits per heavy atom. The van der Waals surface area contributed by atoms with Crippen LogP contribution in [-0.4, -0.2) is 51.8 Å². The zero-order chi connectivity index (χ0) is 26.8. The van der Waals surface area contributed by atoms with Gasteiger partial charge in [0.15, 0.2) is 5.72 Å². The Labute approximate surface area is 219 Å². The van der Waals surface area contributed by atoms with Crippen LogP contribution in [0.25, 0.3) is 0 Å². The molecule has 0 aliphatic carbocycles. The molecule has 4 atom stereocenters. The van der Waals surface area contributed by atoms with Gasteiger partial charge in [0, 0.05) is 6.20 Å². The monoisotopic (exact) mass is 515 g/mol. The number of ether oxygens (including phenoxy) is 1. The zero-order valence-corrected chi connectivity index (χ0v) is 20.8. The number of aliphatic hydroxyl groups excluding tert-OH is 2. The molecule has 5 rings (SSSR count). The van der Waals surface area contributed by atoms with Crippen molar-refractivity contribution in [3.05, 3.63) is 130 Å². The van der Waals surface area contributed by atoms with E-state index in [0.29, 0.717) is 16.7 Å². The van der Waals surface area contributed by atoms with Gasteiger partial charge in [-0.2, -0.15) is 4.98 Å². The highest BCUT2D eigenvalue weighted by Gasteiger charge is 2.68. The molecule has 0 unspecified atom stereocenters. The van der Waals surface area contributed by atoms with Crippen LogP contribution in [0, 0.1) is 0 Å². The third kappa shape index (κ3) is 3.92. The number of nitrogen functional groups attached to an aromatic ring is 1. The fourth-order valence-corrected chi connectivity index (χ4v) is 5.62. The molecule has 0 saturated carbocycles. The molecular weight excluding hydrogens is 486 g/mol. The minimum Gasteiger partial charge on any atom is -0.387 e. The number of anilines is 1. The van der Waals surface area contributed by atoms with Crippen LogP contribution < -0.4 is 11.4 Å². The van der Waals surface area contributed by atoms with Crippen molar-refractivity contribution in [3.63, 3.8) is 0 Å². The quantitative estimate of drug-likeness (QED) is 0.185. The topological polar surface area (TPSA) is 129 Å². The van der Waals surface area contributed by atoms with Crippen molar-refractivity contribution in [1.82, 2.24) is 9.55 Å². The van der Waals surface area contributed by atoms with E-state index in [4.69, 9.17) is 20.2 Å². The van der Waals surface area contributed by atoms with Crippen LogP contribution in [0.4, 0.5) is 5.82 Å². The van der Waals surface area contributed by atoms with Gasteiger partial charge < -0.3 is 20.7 Å². The average molecular weight is 516 g/mol. The first-order valence-corrected chi connectivity index (χ1v) is 12.2. The normalized spacial score (nSPS) is 23.4. The largest absolute Gasteiger partial charge is 0.387 e. The molecule has 1 saturated heterocycles. The molecule has 1 aliphatic rings. The van der Waals surface area contributed by atoms with E-state index in [0.717, 1.165) is 0 Å². The van der Waals surface area contributed by atoms with E-state index in [1.807, 2.05) is 91.0 Å². The van der Waals surface area contributed by atoms with Crippen LogP contribution >= 0.6 is 0 Å². The Hall–Kier alpha value is -3.86. The average Bonchev–Trinajstić information content (AvgIpc) is 3.20. The van der Waals surface area contributed by atoms with Crippen LogP contribution in [-0.2, 0) is 25.7 Å². The summed E-state index contributed by atoms with van der Waals surface area (Å²) >= 11 is 0. The van der Waals surface area contributed by atoms with Gasteiger partial charge >= 0.3 is 5.69 Å². The summed E-state index contributed by atoms with van der Waals surface area (Å²) in [6.45, 7) is -0.206. The fraction of sp³-hybridized carbons (Fsp3) is 0.241. The van der Waals surface area contributed by atoms with Crippen molar-refractivity contribution in [2.45, 2.75) is 29.5 Å². The molecule has 4 aromatic rings. The lowest BCUT2D eigenvalue weighted by atomic mass is 9.60. The van der Waals surface area contributed by atoms with E-state index in [1.54, 1.807) is 0 Å². The van der Waals surface area contributed by atoms with Gasteiger partial charge in [-0.3, -0.25) is 4.57 Å². The third-order valence-electron chi connectivity index (χ3n) is 7.13. The highest BCUT2D eigenvalue weighted by molar-refractivity contribution is 5.54. The SMILES string of the molecule is COOC[C@H]1O[C@](n2ccc(N)nc2=O)(C(c2ccccc2)(c2ccccc2)c2ccccc2)[C@H](O)[C@@H]1O. The second kappa shape index (κ2) is 10.5. The number of rotatable bonds is 8. The number of nitrogens with zero attached hydrogens (tertiary/aromatic N) is 2. The molecule has 0 radical (unpaired) electrons. The molecule has 0 spiro atoms. The number of benzene rings is 3. The first-order valence-electron chi connectivity index (χ1n) is 12.2. The maximum absolute atomic E-state index is 13.6. The lowest BCUT2D eigenvalue weighted by Gasteiger charge is -2.51. The number of aliphatic hydroxyl groups is 2. The molecule has 4 N–H and O–H groups in total. The molecule has 9 nitrogen and oxygen atoms in total. The molecule has 1 fully saturated rings. The summed E-state index contributed by atoms with van der Waals surface area (Å²) in [6, 6.07) is 29.7. The van der Waals surface area contributed by atoms with Gasteiger partial charge in [-0.15, -0.1) is 0 Å². The first-order chi connectivity index (χ1) is 18.5. The summed E-state index contributed by atoms with van der Waals surface area (Å²) in [5.74, 6) is 0.0124. The second-order valence-electron chi connectivity index (χ2n) is 9.09. The highest BCUT2D eigenvalue weighted by Crippen LogP contribution is 2.56. The second-order valence-corrected chi connectivity index (χ2v) is 9.09. The third-order valence-corrected chi connectivity index (χ3v) is 7.13. The zero-order valence-electron chi connectivity index (χ0n) is 20.8. The van der Waals surface area contributed by atoms with Crippen LogP contribution in [0.15, 0.2) is 108 Å². The minimum atomic E-state index is -1.95. The Balaban J connectivity index is 1.97. The summed E-state index contributed by atoms with van der Waals surface area (Å²) in [6.07, 6.45) is -2.71. The van der Waals surface area contributed by atoms with E-state index in [1.165, 1.54) is 23.9 Å². The van der Waals surface area contributed by atoms with Crippen LogP contribution in [0.5, 0.6) is 0 Å². The molecular formula is C29H29N3O6. The van der Waals surface area contributed by atoms with E-state index in [-0.39, 0.29) is 12.4 Å². The van der Waals surface area contributed by atoms with Gasteiger partial charge in [-0.05, 0) is 22.8 Å². The Morgan fingerprint density at radius 2 is 1.42 bits per heavy atom. The van der Waals surface area contributed by atoms with Gasteiger partial charge in [0.25, 0.3) is 0 Å². The number of nitrogens with two attached hydrogens (primary N) is 1. The summed E-state index contributed by atoms with van der Waals surface area (Å²) < 4.78 is 7.91. The Morgan fingerprint density at radius 3 is 1.87 bits per heavy atom. The van der Waals surface area contributed by atoms with E-state index in [2.05, 4.69) is 4.98 Å². The van der Waals surface area contributed by atoms with Crippen molar-refractivity contribution >= 4 is 5.82 Å². The highest BCUT2D eigenvalue weighted by atomic mass is 17.2. The predicted molar refractivity (Wildman–Crippen MR) is 140 cm³/mol. The molecule has 1 aliphatic heterocycles. The van der Waals surface area contributed by atoms with Crippen LogP contribution in [0.1, 0.15) is 16.7 Å².